The van der Waals surface area contributed by atoms with Gasteiger partial charge in [-0.25, -0.2) is 9.97 Å². The quantitative estimate of drug-likeness (QED) is 0.878. The van der Waals surface area contributed by atoms with E-state index in [9.17, 15) is 4.79 Å². The van der Waals surface area contributed by atoms with Crippen LogP contribution in [0.2, 0.25) is 0 Å². The first-order valence-corrected chi connectivity index (χ1v) is 6.17. The van der Waals surface area contributed by atoms with Gasteiger partial charge in [0.15, 0.2) is 0 Å². The molecule has 0 saturated carbocycles. The van der Waals surface area contributed by atoms with E-state index in [0.29, 0.717) is 6.42 Å². The van der Waals surface area contributed by atoms with E-state index < -0.39 is 11.9 Å². The van der Waals surface area contributed by atoms with Crippen molar-refractivity contribution in [2.24, 2.45) is 7.05 Å². The second-order valence-electron chi connectivity index (χ2n) is 4.15. The Morgan fingerprint density at radius 2 is 2.47 bits per heavy atom. The van der Waals surface area contributed by atoms with Crippen LogP contribution >= 0.6 is 11.3 Å². The van der Waals surface area contributed by atoms with Crippen LogP contribution in [-0.2, 0) is 18.3 Å². The van der Waals surface area contributed by atoms with Crippen LogP contribution in [0.15, 0.2) is 12.5 Å². The number of fused-ring (bicyclic) bond motifs is 1. The predicted octanol–water partition coefficient (Wildman–Crippen LogP) is 1.66. The molecule has 0 amide bonds. The number of nitrogens with zero attached hydrogens (tertiary/aromatic N) is 3. The molecule has 0 saturated heterocycles. The Kier molecular flexibility index (Phi) is 2.25. The van der Waals surface area contributed by atoms with E-state index >= 15 is 0 Å². The van der Waals surface area contributed by atoms with Crippen LogP contribution < -0.4 is 0 Å². The zero-order valence-corrected chi connectivity index (χ0v) is 10.1. The molecule has 0 spiro atoms. The summed E-state index contributed by atoms with van der Waals surface area (Å²) in [6.07, 6.45) is 4.97. The van der Waals surface area contributed by atoms with Crippen LogP contribution in [0.3, 0.4) is 0 Å². The van der Waals surface area contributed by atoms with Gasteiger partial charge in [0.05, 0.1) is 23.9 Å². The monoisotopic (exact) mass is 249 g/mol. The van der Waals surface area contributed by atoms with Gasteiger partial charge < -0.3 is 9.67 Å². The van der Waals surface area contributed by atoms with Crippen molar-refractivity contribution in [3.05, 3.63) is 23.1 Å². The number of rotatable bonds is 2. The highest BCUT2D eigenvalue weighted by Gasteiger charge is 2.32. The molecule has 0 aliphatic heterocycles. The number of aryl methyl sites for hydroxylation is 2. The molecular weight excluding hydrogens is 238 g/mol. The summed E-state index contributed by atoms with van der Waals surface area (Å²) >= 11 is 1.58. The molecule has 2 aromatic rings. The lowest BCUT2D eigenvalue weighted by molar-refractivity contribution is -0.138. The highest BCUT2D eigenvalue weighted by molar-refractivity contribution is 7.15. The van der Waals surface area contributed by atoms with Gasteiger partial charge in [-0.2, -0.15) is 0 Å². The molecule has 1 atom stereocenters. The molecule has 3 rings (SSSR count). The minimum absolute atomic E-state index is 0.428. The minimum atomic E-state index is -0.773. The second-order valence-corrected chi connectivity index (χ2v) is 5.23. The van der Waals surface area contributed by atoms with E-state index in [0.717, 1.165) is 27.7 Å². The molecule has 1 aliphatic carbocycles. The van der Waals surface area contributed by atoms with Crippen molar-refractivity contribution in [3.8, 4) is 10.7 Å². The Hall–Kier alpha value is -1.69. The van der Waals surface area contributed by atoms with Crippen molar-refractivity contribution < 1.29 is 9.90 Å². The van der Waals surface area contributed by atoms with Crippen LogP contribution in [-0.4, -0.2) is 25.6 Å². The van der Waals surface area contributed by atoms with Crippen LogP contribution in [0, 0.1) is 0 Å². The normalized spacial score (nSPS) is 18.3. The van der Waals surface area contributed by atoms with Crippen LogP contribution in [0.25, 0.3) is 10.7 Å². The van der Waals surface area contributed by atoms with Gasteiger partial charge >= 0.3 is 5.97 Å². The number of carbonyl (C=O) groups is 1. The van der Waals surface area contributed by atoms with E-state index in [1.54, 1.807) is 23.9 Å². The SMILES string of the molecule is Cn1cncc1-c1nc2c(s1)CCC2C(=O)O. The van der Waals surface area contributed by atoms with Gasteiger partial charge in [0.25, 0.3) is 0 Å². The maximum absolute atomic E-state index is 11.1. The molecule has 88 valence electrons. The fourth-order valence-corrected chi connectivity index (χ4v) is 3.33. The summed E-state index contributed by atoms with van der Waals surface area (Å²) in [5.41, 5.74) is 1.69. The van der Waals surface area contributed by atoms with E-state index in [4.69, 9.17) is 5.11 Å². The van der Waals surface area contributed by atoms with Crippen LogP contribution in [0.1, 0.15) is 22.9 Å². The first-order chi connectivity index (χ1) is 8.16. The molecule has 0 bridgehead atoms. The molecule has 2 heterocycles. The van der Waals surface area contributed by atoms with Gasteiger partial charge in [-0.3, -0.25) is 4.79 Å². The molecule has 0 aromatic carbocycles. The average Bonchev–Trinajstić information content (AvgIpc) is 2.89. The predicted molar refractivity (Wildman–Crippen MR) is 63.0 cm³/mol. The highest BCUT2D eigenvalue weighted by Crippen LogP contribution is 2.39. The first kappa shape index (κ1) is 10.5. The number of carboxylic acid groups (broad SMARTS) is 1. The van der Waals surface area contributed by atoms with E-state index in [2.05, 4.69) is 9.97 Å². The van der Waals surface area contributed by atoms with Crippen molar-refractivity contribution in [2.45, 2.75) is 18.8 Å². The maximum atomic E-state index is 11.1. The van der Waals surface area contributed by atoms with Crippen molar-refractivity contribution in [3.63, 3.8) is 0 Å². The van der Waals surface area contributed by atoms with Crippen LogP contribution in [0.5, 0.6) is 0 Å². The van der Waals surface area contributed by atoms with Crippen LogP contribution in [0.4, 0.5) is 0 Å². The summed E-state index contributed by atoms with van der Waals surface area (Å²) in [5.74, 6) is -1.20. The van der Waals surface area contributed by atoms with Gasteiger partial charge in [0.1, 0.15) is 10.9 Å². The summed E-state index contributed by atoms with van der Waals surface area (Å²) in [4.78, 5) is 20.7. The largest absolute Gasteiger partial charge is 0.481 e. The third kappa shape index (κ3) is 1.56. The zero-order valence-electron chi connectivity index (χ0n) is 9.25. The number of aliphatic carboxylic acids is 1. The first-order valence-electron chi connectivity index (χ1n) is 5.36. The average molecular weight is 249 g/mol. The highest BCUT2D eigenvalue weighted by atomic mass is 32.1. The number of aromatic nitrogens is 3. The van der Waals surface area contributed by atoms with E-state index in [1.165, 1.54) is 0 Å². The minimum Gasteiger partial charge on any atom is -0.481 e. The fourth-order valence-electron chi connectivity index (χ4n) is 2.14. The van der Waals surface area contributed by atoms with Crippen molar-refractivity contribution >= 4 is 17.3 Å². The third-order valence-electron chi connectivity index (χ3n) is 3.05. The Balaban J connectivity index is 2.04. The van der Waals surface area contributed by atoms with Gasteiger partial charge in [-0.05, 0) is 12.8 Å². The zero-order chi connectivity index (χ0) is 12.0. The van der Waals surface area contributed by atoms with E-state index in [1.807, 2.05) is 11.6 Å². The molecule has 17 heavy (non-hydrogen) atoms. The van der Waals surface area contributed by atoms with Gasteiger partial charge in [0, 0.05) is 11.9 Å². The molecule has 0 radical (unpaired) electrons. The Morgan fingerprint density at radius 3 is 3.12 bits per heavy atom. The third-order valence-corrected chi connectivity index (χ3v) is 4.21. The molecule has 1 unspecified atom stereocenters. The number of imidazole rings is 1. The fraction of sp³-hybridized carbons (Fsp3) is 0.364. The standard InChI is InChI=1S/C11H11N3O2S/c1-14-5-12-4-7(14)10-13-9-6(11(15)16)2-3-8(9)17-10/h4-6H,2-3H2,1H3,(H,15,16). The molecule has 5 nitrogen and oxygen atoms in total. The van der Waals surface area contributed by atoms with Gasteiger partial charge in [-0.1, -0.05) is 0 Å². The number of hydrogen-bond donors (Lipinski definition) is 1. The van der Waals surface area contributed by atoms with Crippen molar-refractivity contribution in [1.82, 2.24) is 14.5 Å². The maximum Gasteiger partial charge on any atom is 0.312 e. The summed E-state index contributed by atoms with van der Waals surface area (Å²) in [7, 11) is 1.91. The molecule has 6 heteroatoms. The lowest BCUT2D eigenvalue weighted by atomic mass is 10.1. The Bertz CT molecular complexity index is 587. The molecule has 1 N–H and O–H groups in total. The van der Waals surface area contributed by atoms with Crippen molar-refractivity contribution in [1.29, 1.82) is 0 Å². The molecule has 1 aliphatic rings. The van der Waals surface area contributed by atoms with Crippen molar-refractivity contribution in [2.75, 3.05) is 0 Å². The number of hydrogen-bond acceptors (Lipinski definition) is 4. The lowest BCUT2D eigenvalue weighted by Crippen LogP contribution is -2.08. The van der Waals surface area contributed by atoms with Gasteiger partial charge in [-0.15, -0.1) is 11.3 Å². The molecular formula is C11H11N3O2S. The van der Waals surface area contributed by atoms with Gasteiger partial charge in [0.2, 0.25) is 0 Å². The Labute approximate surface area is 102 Å². The summed E-state index contributed by atoms with van der Waals surface area (Å²) in [6.45, 7) is 0. The summed E-state index contributed by atoms with van der Waals surface area (Å²) in [5, 5.41) is 9.96. The number of thiazole rings is 1. The molecule has 2 aromatic heterocycles. The smallest absolute Gasteiger partial charge is 0.312 e. The second kappa shape index (κ2) is 3.66. The van der Waals surface area contributed by atoms with E-state index in [-0.39, 0.29) is 0 Å². The Morgan fingerprint density at radius 1 is 1.65 bits per heavy atom. The molecule has 0 fully saturated rings. The number of carboxylic acids is 1. The summed E-state index contributed by atoms with van der Waals surface area (Å²) < 4.78 is 1.89. The lowest BCUT2D eigenvalue weighted by Gasteiger charge is -2.01. The summed E-state index contributed by atoms with van der Waals surface area (Å²) in [6, 6.07) is 0. The topological polar surface area (TPSA) is 68.0 Å².